The smallest absolute Gasteiger partial charge is 0.320 e. The molecule has 0 unspecified atom stereocenters. The van der Waals surface area contributed by atoms with Crippen LogP contribution in [-0.2, 0) is 9.53 Å². The van der Waals surface area contributed by atoms with Crippen molar-refractivity contribution in [1.82, 2.24) is 0 Å². The average Bonchev–Trinajstić information content (AvgIpc) is 2.15. The minimum absolute atomic E-state index is 0.0512. The summed E-state index contributed by atoms with van der Waals surface area (Å²) >= 11 is 5.38. The lowest BCUT2D eigenvalue weighted by Crippen LogP contribution is -2.28. The first-order valence-corrected chi connectivity index (χ1v) is 5.97. The molecule has 1 aliphatic rings. The molecule has 0 aliphatic heterocycles. The highest BCUT2D eigenvalue weighted by atomic mass is 35.5. The topological polar surface area (TPSA) is 26.3 Å². The minimum atomic E-state index is -0.317. The predicted molar refractivity (Wildman–Crippen MR) is 61.9 cm³/mol. The third kappa shape index (κ3) is 3.53. The summed E-state index contributed by atoms with van der Waals surface area (Å²) in [4.78, 5) is 11.0. The molecular formula is C12H19ClO2. The fourth-order valence-electron chi connectivity index (χ4n) is 2.36. The van der Waals surface area contributed by atoms with E-state index in [1.54, 1.807) is 0 Å². The highest BCUT2D eigenvalue weighted by molar-refractivity contribution is 6.26. The van der Waals surface area contributed by atoms with Gasteiger partial charge in [-0.2, -0.15) is 0 Å². The van der Waals surface area contributed by atoms with E-state index in [0.717, 1.165) is 6.42 Å². The van der Waals surface area contributed by atoms with Crippen molar-refractivity contribution in [3.8, 4) is 0 Å². The second-order valence-electron chi connectivity index (χ2n) is 4.53. The third-order valence-electron chi connectivity index (χ3n) is 3.14. The quantitative estimate of drug-likeness (QED) is 0.423. The highest BCUT2D eigenvalue weighted by Gasteiger charge is 2.27. The van der Waals surface area contributed by atoms with E-state index < -0.39 is 0 Å². The number of allylic oxidation sites excluding steroid dienone is 2. The summed E-state index contributed by atoms with van der Waals surface area (Å²) in [6.07, 6.45) is 3.38. The number of rotatable bonds is 3. The molecule has 0 radical (unpaired) electrons. The van der Waals surface area contributed by atoms with Crippen molar-refractivity contribution >= 4 is 17.6 Å². The van der Waals surface area contributed by atoms with Gasteiger partial charge < -0.3 is 4.74 Å². The molecule has 0 spiro atoms. The zero-order valence-electron chi connectivity index (χ0n) is 9.63. The Morgan fingerprint density at radius 3 is 2.80 bits per heavy atom. The van der Waals surface area contributed by atoms with Gasteiger partial charge in [0.2, 0.25) is 0 Å². The van der Waals surface area contributed by atoms with Gasteiger partial charge in [-0.3, -0.25) is 4.79 Å². The van der Waals surface area contributed by atoms with Crippen LogP contribution < -0.4 is 0 Å². The fraction of sp³-hybridized carbons (Fsp3) is 0.750. The van der Waals surface area contributed by atoms with Crippen molar-refractivity contribution < 1.29 is 9.53 Å². The summed E-state index contributed by atoms with van der Waals surface area (Å²) in [7, 11) is 0. The molecule has 3 atom stereocenters. The van der Waals surface area contributed by atoms with E-state index in [2.05, 4.69) is 26.8 Å². The highest BCUT2D eigenvalue weighted by Crippen LogP contribution is 2.33. The SMILES string of the molecule is CC1=C[C@@H](C)[C@H](COC(=O)CCl)[C@@H](C)C1. The molecule has 0 heterocycles. The number of ether oxygens (including phenoxy) is 1. The molecule has 15 heavy (non-hydrogen) atoms. The largest absolute Gasteiger partial charge is 0.464 e. The second-order valence-corrected chi connectivity index (χ2v) is 4.80. The normalized spacial score (nSPS) is 30.9. The number of hydrogen-bond acceptors (Lipinski definition) is 2. The summed E-state index contributed by atoms with van der Waals surface area (Å²) in [5.41, 5.74) is 1.44. The molecule has 1 aliphatic carbocycles. The Hall–Kier alpha value is -0.500. The number of hydrogen-bond donors (Lipinski definition) is 0. The van der Waals surface area contributed by atoms with Crippen LogP contribution in [-0.4, -0.2) is 18.5 Å². The van der Waals surface area contributed by atoms with Crippen molar-refractivity contribution in [1.29, 1.82) is 0 Å². The van der Waals surface area contributed by atoms with E-state index in [1.807, 2.05) is 0 Å². The fourth-order valence-corrected chi connectivity index (χ4v) is 2.44. The van der Waals surface area contributed by atoms with Gasteiger partial charge in [0.1, 0.15) is 5.88 Å². The van der Waals surface area contributed by atoms with Gasteiger partial charge in [-0.15, -0.1) is 11.6 Å². The number of halogens is 1. The number of carbonyl (C=O) groups is 1. The third-order valence-corrected chi connectivity index (χ3v) is 3.36. The van der Waals surface area contributed by atoms with Crippen molar-refractivity contribution in [3.63, 3.8) is 0 Å². The van der Waals surface area contributed by atoms with Crippen LogP contribution in [0.5, 0.6) is 0 Å². The van der Waals surface area contributed by atoms with Crippen LogP contribution in [0.1, 0.15) is 27.2 Å². The van der Waals surface area contributed by atoms with Crippen LogP contribution >= 0.6 is 11.6 Å². The standard InChI is InChI=1S/C12H19ClO2/c1-8-4-9(2)11(10(3)5-8)7-15-12(14)6-13/h4,9-11H,5-7H2,1-3H3/t9-,10+,11+/m1/s1. The van der Waals surface area contributed by atoms with E-state index in [9.17, 15) is 4.79 Å². The molecule has 86 valence electrons. The summed E-state index contributed by atoms with van der Waals surface area (Å²) in [5.74, 6) is 1.12. The zero-order chi connectivity index (χ0) is 11.4. The Kier molecular flexibility index (Phi) is 4.65. The van der Waals surface area contributed by atoms with Crippen molar-refractivity contribution in [2.75, 3.05) is 12.5 Å². The van der Waals surface area contributed by atoms with Gasteiger partial charge >= 0.3 is 5.97 Å². The molecule has 0 fully saturated rings. The van der Waals surface area contributed by atoms with Crippen LogP contribution in [0.15, 0.2) is 11.6 Å². The first kappa shape index (κ1) is 12.6. The van der Waals surface area contributed by atoms with Crippen LogP contribution in [0.3, 0.4) is 0 Å². The molecule has 2 nitrogen and oxygen atoms in total. The molecule has 0 aromatic heterocycles. The molecule has 1 rings (SSSR count). The van der Waals surface area contributed by atoms with Gasteiger partial charge in [0.15, 0.2) is 0 Å². The molecule has 0 aromatic rings. The number of esters is 1. The Balaban J connectivity index is 2.50. The van der Waals surface area contributed by atoms with E-state index in [-0.39, 0.29) is 11.8 Å². The monoisotopic (exact) mass is 230 g/mol. The molecular weight excluding hydrogens is 212 g/mol. The Bertz CT molecular complexity index is 260. The lowest BCUT2D eigenvalue weighted by atomic mass is 9.75. The van der Waals surface area contributed by atoms with Crippen LogP contribution in [0.2, 0.25) is 0 Å². The summed E-state index contributed by atoms with van der Waals surface area (Å²) in [6.45, 7) is 7.05. The molecule has 0 saturated carbocycles. The van der Waals surface area contributed by atoms with Gasteiger partial charge in [-0.05, 0) is 25.2 Å². The van der Waals surface area contributed by atoms with E-state index in [4.69, 9.17) is 16.3 Å². The van der Waals surface area contributed by atoms with E-state index in [1.165, 1.54) is 5.57 Å². The minimum Gasteiger partial charge on any atom is -0.464 e. The Labute approximate surface area is 96.6 Å². The summed E-state index contributed by atoms with van der Waals surface area (Å²) in [6, 6.07) is 0. The summed E-state index contributed by atoms with van der Waals surface area (Å²) in [5, 5.41) is 0. The van der Waals surface area contributed by atoms with Crippen LogP contribution in [0, 0.1) is 17.8 Å². The predicted octanol–water partition coefficient (Wildman–Crippen LogP) is 3.01. The molecule has 0 saturated heterocycles. The number of carbonyl (C=O) groups excluding carboxylic acids is 1. The van der Waals surface area contributed by atoms with Crippen LogP contribution in [0.25, 0.3) is 0 Å². The maximum atomic E-state index is 11.0. The van der Waals surface area contributed by atoms with Crippen molar-refractivity contribution in [2.45, 2.75) is 27.2 Å². The van der Waals surface area contributed by atoms with Gasteiger partial charge in [0.05, 0.1) is 6.61 Å². The maximum absolute atomic E-state index is 11.0. The van der Waals surface area contributed by atoms with Crippen molar-refractivity contribution in [2.24, 2.45) is 17.8 Å². The molecule has 0 aromatic carbocycles. The summed E-state index contributed by atoms with van der Waals surface area (Å²) < 4.78 is 5.11. The Morgan fingerprint density at radius 2 is 2.27 bits per heavy atom. The van der Waals surface area contributed by atoms with E-state index in [0.29, 0.717) is 24.4 Å². The Morgan fingerprint density at radius 1 is 1.60 bits per heavy atom. The first-order valence-electron chi connectivity index (χ1n) is 5.43. The van der Waals surface area contributed by atoms with Crippen LogP contribution in [0.4, 0.5) is 0 Å². The lowest BCUT2D eigenvalue weighted by molar-refractivity contribution is -0.142. The second kappa shape index (κ2) is 5.55. The molecule has 0 amide bonds. The van der Waals surface area contributed by atoms with E-state index >= 15 is 0 Å². The number of alkyl halides is 1. The first-order chi connectivity index (χ1) is 7.04. The molecule has 0 bridgehead atoms. The van der Waals surface area contributed by atoms with Gasteiger partial charge in [-0.25, -0.2) is 0 Å². The molecule has 3 heteroatoms. The van der Waals surface area contributed by atoms with Crippen molar-refractivity contribution in [3.05, 3.63) is 11.6 Å². The van der Waals surface area contributed by atoms with Gasteiger partial charge in [0.25, 0.3) is 0 Å². The zero-order valence-corrected chi connectivity index (χ0v) is 10.4. The van der Waals surface area contributed by atoms with Gasteiger partial charge in [-0.1, -0.05) is 25.5 Å². The molecule has 0 N–H and O–H groups in total. The lowest BCUT2D eigenvalue weighted by Gasteiger charge is -2.32. The average molecular weight is 231 g/mol. The van der Waals surface area contributed by atoms with Gasteiger partial charge in [0, 0.05) is 5.92 Å². The maximum Gasteiger partial charge on any atom is 0.320 e.